The van der Waals surface area contributed by atoms with Crippen molar-refractivity contribution >= 4 is 11.7 Å². The van der Waals surface area contributed by atoms with Crippen molar-refractivity contribution in [2.24, 2.45) is 11.8 Å². The molecule has 4 rings (SSSR count). The van der Waals surface area contributed by atoms with Crippen molar-refractivity contribution in [2.75, 3.05) is 12.3 Å². The predicted octanol–water partition coefficient (Wildman–Crippen LogP) is 2.63. The highest BCUT2D eigenvalue weighted by molar-refractivity contribution is 5.98. The Balaban J connectivity index is 1.41. The summed E-state index contributed by atoms with van der Waals surface area (Å²) < 4.78 is 1.59. The van der Waals surface area contributed by atoms with Gasteiger partial charge in [0, 0.05) is 12.6 Å². The molecule has 1 amide bonds. The first-order valence-corrected chi connectivity index (χ1v) is 10.5. The zero-order valence-electron chi connectivity index (χ0n) is 16.6. The van der Waals surface area contributed by atoms with E-state index in [0.717, 1.165) is 50.8 Å². The largest absolute Gasteiger partial charge is 0.383 e. The molecule has 1 aromatic carbocycles. The molecule has 2 saturated carbocycles. The van der Waals surface area contributed by atoms with Gasteiger partial charge >= 0.3 is 0 Å². The van der Waals surface area contributed by atoms with Crippen LogP contribution in [0.4, 0.5) is 5.82 Å². The van der Waals surface area contributed by atoms with Crippen LogP contribution in [-0.2, 0) is 0 Å². The van der Waals surface area contributed by atoms with E-state index in [9.17, 15) is 10.1 Å². The fourth-order valence-corrected chi connectivity index (χ4v) is 4.22. The Bertz CT molecular complexity index is 882. The number of benzene rings is 1. The number of nitrogen functional groups attached to an aromatic ring is 1. The Morgan fingerprint density at radius 2 is 2.00 bits per heavy atom. The first-order chi connectivity index (χ1) is 14.2. The Morgan fingerprint density at radius 3 is 2.72 bits per heavy atom. The first kappa shape index (κ1) is 19.5. The van der Waals surface area contributed by atoms with Crippen molar-refractivity contribution < 1.29 is 4.79 Å². The van der Waals surface area contributed by atoms with E-state index in [1.807, 2.05) is 30.3 Å². The number of nitrogens with zero attached hydrogens (tertiary/aromatic N) is 3. The molecule has 2 fully saturated rings. The highest BCUT2D eigenvalue weighted by atomic mass is 16.1. The second kappa shape index (κ2) is 8.66. The van der Waals surface area contributed by atoms with Crippen LogP contribution in [0.5, 0.6) is 0 Å². The number of nitriles is 1. The average molecular weight is 393 g/mol. The van der Waals surface area contributed by atoms with Gasteiger partial charge in [0.15, 0.2) is 0 Å². The lowest BCUT2D eigenvalue weighted by Crippen LogP contribution is -2.47. The second-order valence-electron chi connectivity index (χ2n) is 8.17. The minimum Gasteiger partial charge on any atom is -0.383 e. The lowest BCUT2D eigenvalue weighted by Gasteiger charge is -2.33. The highest BCUT2D eigenvalue weighted by Crippen LogP contribution is 2.33. The number of carbonyl (C=O) groups is 1. The third kappa shape index (κ3) is 4.43. The van der Waals surface area contributed by atoms with Crippen LogP contribution in [0.15, 0.2) is 36.5 Å². The van der Waals surface area contributed by atoms with Gasteiger partial charge in [-0.25, -0.2) is 4.68 Å². The molecular formula is C22H28N6O. The molecule has 0 saturated heterocycles. The lowest BCUT2D eigenvalue weighted by atomic mass is 9.84. The minimum atomic E-state index is -0.180. The topological polar surface area (TPSA) is 109 Å². The molecule has 0 aliphatic heterocycles. The first-order valence-electron chi connectivity index (χ1n) is 10.5. The minimum absolute atomic E-state index is 0.0620. The van der Waals surface area contributed by atoms with Crippen LogP contribution in [0.2, 0.25) is 0 Å². The van der Waals surface area contributed by atoms with Crippen LogP contribution in [-0.4, -0.2) is 34.3 Å². The molecule has 1 aromatic heterocycles. The maximum Gasteiger partial charge on any atom is 0.256 e. The Kier molecular flexibility index (Phi) is 5.81. The summed E-state index contributed by atoms with van der Waals surface area (Å²) in [5.74, 6) is 0.992. The Labute approximate surface area is 171 Å². The second-order valence-corrected chi connectivity index (χ2v) is 8.17. The van der Waals surface area contributed by atoms with E-state index in [1.165, 1.54) is 6.20 Å². The van der Waals surface area contributed by atoms with Crippen molar-refractivity contribution in [1.82, 2.24) is 20.4 Å². The van der Waals surface area contributed by atoms with Gasteiger partial charge in [0.1, 0.15) is 11.4 Å². The third-order valence-corrected chi connectivity index (χ3v) is 6.11. The van der Waals surface area contributed by atoms with E-state index in [1.54, 1.807) is 4.68 Å². The number of carbonyl (C=O) groups excluding carboxylic acids is 1. The molecule has 1 unspecified atom stereocenters. The Hall–Kier alpha value is -2.85. The summed E-state index contributed by atoms with van der Waals surface area (Å²) in [5.41, 5.74) is 7.45. The van der Waals surface area contributed by atoms with Crippen LogP contribution in [0.1, 0.15) is 48.9 Å². The fraction of sp³-hybridized carbons (Fsp3) is 0.500. The van der Waals surface area contributed by atoms with Crippen molar-refractivity contribution in [2.45, 2.75) is 50.6 Å². The number of nitrogens with two attached hydrogens (primary N) is 1. The molecule has 1 heterocycles. The molecule has 152 valence electrons. The number of rotatable bonds is 7. The zero-order valence-corrected chi connectivity index (χ0v) is 16.6. The summed E-state index contributed by atoms with van der Waals surface area (Å²) in [5, 5.41) is 20.3. The summed E-state index contributed by atoms with van der Waals surface area (Å²) >= 11 is 0. The van der Waals surface area contributed by atoms with Gasteiger partial charge in [-0.1, -0.05) is 31.0 Å². The van der Waals surface area contributed by atoms with Crippen LogP contribution in [0.25, 0.3) is 5.69 Å². The van der Waals surface area contributed by atoms with Gasteiger partial charge in [-0.3, -0.25) is 4.79 Å². The summed E-state index contributed by atoms with van der Waals surface area (Å²) in [6, 6.07) is 12.0. The number of para-hydroxylation sites is 1. The van der Waals surface area contributed by atoms with Crippen LogP contribution in [0, 0.1) is 23.2 Å². The molecule has 7 nitrogen and oxygen atoms in total. The van der Waals surface area contributed by atoms with Crippen LogP contribution >= 0.6 is 0 Å². The van der Waals surface area contributed by atoms with Gasteiger partial charge in [-0.15, -0.1) is 0 Å². The van der Waals surface area contributed by atoms with Crippen molar-refractivity contribution in [3.05, 3.63) is 42.1 Å². The number of hydrogen-bond acceptors (Lipinski definition) is 5. The van der Waals surface area contributed by atoms with Gasteiger partial charge in [-0.05, 0) is 49.7 Å². The maximum atomic E-state index is 12.9. The van der Waals surface area contributed by atoms with E-state index in [4.69, 9.17) is 5.73 Å². The quantitative estimate of drug-likeness (QED) is 0.671. The number of amides is 1. The summed E-state index contributed by atoms with van der Waals surface area (Å²) in [6.07, 6.45) is 8.08. The van der Waals surface area contributed by atoms with E-state index >= 15 is 0 Å². The van der Waals surface area contributed by atoms with Gasteiger partial charge in [-0.2, -0.15) is 10.4 Å². The normalized spacial score (nSPS) is 22.6. The molecule has 3 atom stereocenters. The number of anilines is 1. The molecule has 0 bridgehead atoms. The van der Waals surface area contributed by atoms with Gasteiger partial charge < -0.3 is 16.4 Å². The lowest BCUT2D eigenvalue weighted by molar-refractivity contribution is 0.0906. The molecule has 29 heavy (non-hydrogen) atoms. The average Bonchev–Trinajstić information content (AvgIpc) is 3.51. The third-order valence-electron chi connectivity index (χ3n) is 6.11. The monoisotopic (exact) mass is 392 g/mol. The molecule has 2 aliphatic rings. The highest BCUT2D eigenvalue weighted by Gasteiger charge is 2.33. The van der Waals surface area contributed by atoms with E-state index in [0.29, 0.717) is 23.2 Å². The summed E-state index contributed by atoms with van der Waals surface area (Å²) in [6.45, 7) is 0.762. The van der Waals surface area contributed by atoms with E-state index < -0.39 is 0 Å². The van der Waals surface area contributed by atoms with Crippen molar-refractivity contribution in [3.63, 3.8) is 0 Å². The zero-order chi connectivity index (χ0) is 20.2. The molecular weight excluding hydrogens is 364 g/mol. The maximum absolute atomic E-state index is 12.9. The van der Waals surface area contributed by atoms with Gasteiger partial charge in [0.05, 0.1) is 24.0 Å². The van der Waals surface area contributed by atoms with Crippen molar-refractivity contribution in [3.8, 4) is 11.8 Å². The predicted molar refractivity (Wildman–Crippen MR) is 111 cm³/mol. The van der Waals surface area contributed by atoms with Crippen molar-refractivity contribution in [1.29, 1.82) is 5.26 Å². The SMILES string of the molecule is N#CC(NC[C@H]1CCCC[C@@H]1NC(=O)c1cnn(-c2ccccc2)c1N)C1CC1. The molecule has 7 heteroatoms. The standard InChI is InChI=1S/C22H28N6O/c23-12-20(15-10-11-15)25-13-16-6-4-5-9-19(16)27-22(29)18-14-26-28(21(18)24)17-7-2-1-3-8-17/h1-3,7-8,14-16,19-20,25H,4-6,9-11,13,24H2,(H,27,29)/t16-,19+,20?/m1/s1. The van der Waals surface area contributed by atoms with Crippen LogP contribution in [0.3, 0.4) is 0 Å². The number of nitrogens with one attached hydrogen (secondary N) is 2. The van der Waals surface area contributed by atoms with Gasteiger partial charge in [0.2, 0.25) is 0 Å². The van der Waals surface area contributed by atoms with E-state index in [2.05, 4.69) is 21.8 Å². The number of hydrogen-bond donors (Lipinski definition) is 3. The van der Waals surface area contributed by atoms with E-state index in [-0.39, 0.29) is 18.0 Å². The number of aromatic nitrogens is 2. The smallest absolute Gasteiger partial charge is 0.256 e. The summed E-state index contributed by atoms with van der Waals surface area (Å²) in [7, 11) is 0. The molecule has 0 radical (unpaired) electrons. The fourth-order valence-electron chi connectivity index (χ4n) is 4.22. The molecule has 2 aromatic rings. The molecule has 0 spiro atoms. The molecule has 2 aliphatic carbocycles. The van der Waals surface area contributed by atoms with Gasteiger partial charge in [0.25, 0.3) is 5.91 Å². The Morgan fingerprint density at radius 1 is 1.24 bits per heavy atom. The summed E-state index contributed by atoms with van der Waals surface area (Å²) in [4.78, 5) is 12.9. The van der Waals surface area contributed by atoms with Crippen LogP contribution < -0.4 is 16.4 Å². The molecule has 4 N–H and O–H groups in total.